The number of hydrogen-bond acceptors (Lipinski definition) is 12. The molecule has 1 saturated heterocycles. The molecule has 47 heavy (non-hydrogen) atoms. The number of anilines is 2. The van der Waals surface area contributed by atoms with Crippen LogP contribution in [0.4, 0.5) is 20.4 Å². The molecule has 0 aromatic carbocycles. The third-order valence-corrected chi connectivity index (χ3v) is 8.99. The first-order chi connectivity index (χ1) is 22.4. The smallest absolute Gasteiger partial charge is 0.309 e. The van der Waals surface area contributed by atoms with Crippen LogP contribution in [0.3, 0.4) is 0 Å². The second-order valence-electron chi connectivity index (χ2n) is 12.3. The molecule has 5 rings (SSSR count). The van der Waals surface area contributed by atoms with Crippen molar-refractivity contribution in [3.63, 3.8) is 0 Å². The number of pyridine rings is 3. The number of methoxy groups -OCH3 is 1. The molecule has 0 bridgehead atoms. The Morgan fingerprint density at radius 3 is 2.45 bits per heavy atom. The molecule has 2 fully saturated rings. The van der Waals surface area contributed by atoms with Gasteiger partial charge in [0.25, 0.3) is 6.43 Å². The Kier molecular flexibility index (Phi) is 10.8. The molecule has 0 amide bonds. The molecule has 1 aliphatic heterocycles. The summed E-state index contributed by atoms with van der Waals surface area (Å²) in [6, 6.07) is 9.73. The molecule has 6 atom stereocenters. The van der Waals surface area contributed by atoms with Gasteiger partial charge in [-0.1, -0.05) is 0 Å². The molecule has 14 heteroatoms. The molecule has 3 aromatic rings. The largest absolute Gasteiger partial charge is 0.463 e. The Balaban J connectivity index is 1.17. The minimum Gasteiger partial charge on any atom is -0.463 e. The van der Waals surface area contributed by atoms with Crippen LogP contribution in [0.1, 0.15) is 55.9 Å². The monoisotopic (exact) mass is 658 g/mol. The van der Waals surface area contributed by atoms with E-state index in [1.54, 1.807) is 25.3 Å². The van der Waals surface area contributed by atoms with Crippen molar-refractivity contribution in [1.29, 1.82) is 0 Å². The molecule has 1 aliphatic carbocycles. The highest BCUT2D eigenvalue weighted by Crippen LogP contribution is 2.41. The molecule has 1 saturated carbocycles. The zero-order valence-electron chi connectivity index (χ0n) is 26.3. The van der Waals surface area contributed by atoms with Crippen molar-refractivity contribution in [2.75, 3.05) is 19.0 Å². The normalized spacial score (nSPS) is 27.7. The van der Waals surface area contributed by atoms with Gasteiger partial charge in [0.2, 0.25) is 0 Å². The molecule has 5 N–H and O–H groups in total. The molecule has 0 spiro atoms. The van der Waals surface area contributed by atoms with E-state index in [0.717, 1.165) is 5.56 Å². The van der Waals surface area contributed by atoms with E-state index in [4.69, 9.17) is 14.2 Å². The second kappa shape index (κ2) is 14.6. The minimum atomic E-state index is -2.62. The molecule has 3 aromatic heterocycles. The van der Waals surface area contributed by atoms with Crippen LogP contribution in [0.15, 0.2) is 48.8 Å². The standard InChI is InChI=1S/C33H40F2N4O8/c1-17-12-22(38-26(13-17)39-25-14-19(30(34)35)10-11-36-25)20-6-9-24(37-15-20)33(2,44)21-7-4-18(5-8-21)31(43)46-16-23-27(40)28(41)29(42)32(45-3)47-23/h6,9-15,18,21,23,27-30,32,40-42,44H,4-5,7-8,16H2,1-3H3,(H,36,38,39)/t18-,21-,23-,27-,28+,29-,32+,33-/m1/s1. The molecule has 0 unspecified atom stereocenters. The van der Waals surface area contributed by atoms with Crippen molar-refractivity contribution in [2.24, 2.45) is 11.8 Å². The number of carbonyl (C=O) groups is 1. The van der Waals surface area contributed by atoms with Crippen LogP contribution in [0, 0.1) is 18.8 Å². The summed E-state index contributed by atoms with van der Waals surface area (Å²) in [7, 11) is 1.29. The molecular formula is C33H40F2N4O8. The van der Waals surface area contributed by atoms with E-state index in [2.05, 4.69) is 20.3 Å². The third-order valence-electron chi connectivity index (χ3n) is 8.99. The first-order valence-electron chi connectivity index (χ1n) is 15.5. The van der Waals surface area contributed by atoms with E-state index < -0.39 is 54.6 Å². The van der Waals surface area contributed by atoms with Gasteiger partial charge in [-0.25, -0.2) is 18.7 Å². The van der Waals surface area contributed by atoms with E-state index in [9.17, 15) is 34.0 Å². The third kappa shape index (κ3) is 7.91. The highest BCUT2D eigenvalue weighted by molar-refractivity contribution is 5.72. The summed E-state index contributed by atoms with van der Waals surface area (Å²) in [5.41, 5.74) is 1.24. The van der Waals surface area contributed by atoms with Gasteiger partial charge in [-0.2, -0.15) is 0 Å². The summed E-state index contributed by atoms with van der Waals surface area (Å²) < 4.78 is 42.0. The van der Waals surface area contributed by atoms with Crippen molar-refractivity contribution >= 4 is 17.6 Å². The number of carbonyl (C=O) groups excluding carboxylic acids is 1. The summed E-state index contributed by atoms with van der Waals surface area (Å²) in [5, 5.41) is 44.7. The lowest BCUT2D eigenvalue weighted by atomic mass is 9.73. The van der Waals surface area contributed by atoms with Crippen LogP contribution >= 0.6 is 0 Å². The molecule has 12 nitrogen and oxygen atoms in total. The van der Waals surface area contributed by atoms with Crippen LogP contribution < -0.4 is 5.32 Å². The molecule has 4 heterocycles. The highest BCUT2D eigenvalue weighted by atomic mass is 19.3. The van der Waals surface area contributed by atoms with E-state index in [-0.39, 0.29) is 23.9 Å². The topological polar surface area (TPSA) is 176 Å². The number of hydrogen-bond donors (Lipinski definition) is 5. The van der Waals surface area contributed by atoms with Crippen LogP contribution in [0.2, 0.25) is 0 Å². The number of esters is 1. The number of aliphatic hydroxyl groups excluding tert-OH is 3. The summed E-state index contributed by atoms with van der Waals surface area (Å²) in [6.07, 6.45) is -4.26. The van der Waals surface area contributed by atoms with E-state index in [0.29, 0.717) is 48.5 Å². The summed E-state index contributed by atoms with van der Waals surface area (Å²) in [4.78, 5) is 26.1. The highest BCUT2D eigenvalue weighted by Gasteiger charge is 2.45. The average molecular weight is 659 g/mol. The van der Waals surface area contributed by atoms with Gasteiger partial charge < -0.3 is 40.0 Å². The van der Waals surface area contributed by atoms with Crippen molar-refractivity contribution in [1.82, 2.24) is 15.0 Å². The van der Waals surface area contributed by atoms with Crippen molar-refractivity contribution in [3.8, 4) is 11.3 Å². The molecule has 254 valence electrons. The Morgan fingerprint density at radius 1 is 1.04 bits per heavy atom. The van der Waals surface area contributed by atoms with Gasteiger partial charge in [0.1, 0.15) is 48.3 Å². The van der Waals surface area contributed by atoms with Gasteiger partial charge in [0.15, 0.2) is 6.29 Å². The van der Waals surface area contributed by atoms with E-state index in [1.165, 1.54) is 25.4 Å². The van der Waals surface area contributed by atoms with Gasteiger partial charge in [-0.05, 0) is 87.4 Å². The van der Waals surface area contributed by atoms with E-state index in [1.807, 2.05) is 19.1 Å². The van der Waals surface area contributed by atoms with Crippen LogP contribution in [-0.2, 0) is 24.6 Å². The number of ether oxygens (including phenoxy) is 3. The number of nitrogens with one attached hydrogen (secondary N) is 1. The van der Waals surface area contributed by atoms with Gasteiger partial charge in [0.05, 0.1) is 17.3 Å². The molecular weight excluding hydrogens is 618 g/mol. The predicted molar refractivity (Wildman–Crippen MR) is 164 cm³/mol. The SMILES string of the molecule is CO[C@H]1O[C@H](COC(=O)[C@H]2CC[C@H]([C@@](C)(O)c3ccc(-c4cc(C)cc(Nc5cc(C(F)F)ccn5)n4)cn3)CC2)[C@@H](O)[C@H](O)[C@H]1O. The van der Waals surface area contributed by atoms with Crippen molar-refractivity contribution in [2.45, 2.75) is 82.3 Å². The van der Waals surface area contributed by atoms with Crippen LogP contribution in [0.5, 0.6) is 0 Å². The van der Waals surface area contributed by atoms with Crippen LogP contribution in [-0.4, -0.2) is 85.8 Å². The predicted octanol–water partition coefficient (Wildman–Crippen LogP) is 3.54. The number of aromatic nitrogens is 3. The quantitative estimate of drug-likeness (QED) is 0.201. The van der Waals surface area contributed by atoms with Crippen LogP contribution in [0.25, 0.3) is 11.3 Å². The Labute approximate surface area is 270 Å². The lowest BCUT2D eigenvalue weighted by Gasteiger charge is -2.40. The number of rotatable bonds is 10. The van der Waals surface area contributed by atoms with Crippen molar-refractivity contribution < 1.29 is 48.2 Å². The maximum absolute atomic E-state index is 13.1. The maximum Gasteiger partial charge on any atom is 0.309 e. The molecule has 2 aliphatic rings. The maximum atomic E-state index is 13.1. The zero-order valence-corrected chi connectivity index (χ0v) is 26.3. The van der Waals surface area contributed by atoms with Gasteiger partial charge >= 0.3 is 5.97 Å². The first-order valence-corrected chi connectivity index (χ1v) is 15.5. The lowest BCUT2D eigenvalue weighted by Crippen LogP contribution is -2.59. The minimum absolute atomic E-state index is 0.147. The number of aryl methyl sites for hydroxylation is 1. The number of aliphatic hydroxyl groups is 4. The zero-order chi connectivity index (χ0) is 33.9. The van der Waals surface area contributed by atoms with Gasteiger partial charge in [-0.3, -0.25) is 9.78 Å². The first kappa shape index (κ1) is 34.7. The average Bonchev–Trinajstić information content (AvgIpc) is 3.06. The van der Waals surface area contributed by atoms with Gasteiger partial charge in [-0.15, -0.1) is 0 Å². The Hall–Kier alpha value is -3.66. The summed E-state index contributed by atoms with van der Waals surface area (Å²) >= 11 is 0. The lowest BCUT2D eigenvalue weighted by molar-refractivity contribution is -0.295. The number of nitrogens with zero attached hydrogens (tertiary/aromatic N) is 3. The fourth-order valence-electron chi connectivity index (χ4n) is 6.14. The summed E-state index contributed by atoms with van der Waals surface area (Å²) in [6.45, 7) is 3.28. The Morgan fingerprint density at radius 2 is 1.79 bits per heavy atom. The number of alkyl halides is 2. The fourth-order valence-corrected chi connectivity index (χ4v) is 6.14. The Bertz CT molecular complexity index is 1520. The van der Waals surface area contributed by atoms with E-state index >= 15 is 0 Å². The molecule has 0 radical (unpaired) electrons. The fraction of sp³-hybridized carbons (Fsp3) is 0.515. The number of halogens is 2. The summed E-state index contributed by atoms with van der Waals surface area (Å²) in [5.74, 6) is -0.361. The van der Waals surface area contributed by atoms with Crippen molar-refractivity contribution in [3.05, 3.63) is 65.6 Å². The second-order valence-corrected chi connectivity index (χ2v) is 12.3. The van der Waals surface area contributed by atoms with Gasteiger partial charge in [0, 0.05) is 30.6 Å².